The molecule has 2 unspecified atom stereocenters. The summed E-state index contributed by atoms with van der Waals surface area (Å²) in [6.07, 6.45) is 2.64. The third-order valence-corrected chi connectivity index (χ3v) is 2.19. The van der Waals surface area contributed by atoms with E-state index >= 15 is 0 Å². The van der Waals surface area contributed by atoms with Gasteiger partial charge in [0.2, 0.25) is 0 Å². The third-order valence-electron chi connectivity index (χ3n) is 2.19. The van der Waals surface area contributed by atoms with Crippen molar-refractivity contribution in [2.75, 3.05) is 6.54 Å². The summed E-state index contributed by atoms with van der Waals surface area (Å²) in [6.45, 7) is 3.43. The lowest BCUT2D eigenvalue weighted by Crippen LogP contribution is -2.73. The lowest BCUT2D eigenvalue weighted by atomic mass is 9.85. The average Bonchev–Trinajstić information content (AvgIpc) is 1.63. The first-order valence-electron chi connectivity index (χ1n) is 3.31. The number of hydrogen-bond donors (Lipinski definition) is 2. The molecule has 0 aliphatic carbocycles. The van der Waals surface area contributed by atoms with Crippen molar-refractivity contribution in [2.24, 2.45) is 0 Å². The second-order valence-electron chi connectivity index (χ2n) is 3.09. The fraction of sp³-hybridized carbons (Fsp3) is 1.00. The standard InChI is InChI=1S/C6H12N2/c1-6-4-5(8-6)2-3-7-6/h5,7-8H,2-4H2,1H3. The molecule has 0 aromatic carbocycles. The predicted molar refractivity (Wildman–Crippen MR) is 32.6 cm³/mol. The molecule has 2 heteroatoms. The van der Waals surface area contributed by atoms with Crippen molar-refractivity contribution in [3.05, 3.63) is 0 Å². The maximum Gasteiger partial charge on any atom is 0.0675 e. The largest absolute Gasteiger partial charge is 0.299 e. The van der Waals surface area contributed by atoms with E-state index in [-0.39, 0.29) is 0 Å². The number of rotatable bonds is 0. The maximum absolute atomic E-state index is 3.44. The van der Waals surface area contributed by atoms with Crippen molar-refractivity contribution in [3.8, 4) is 0 Å². The summed E-state index contributed by atoms with van der Waals surface area (Å²) in [5.74, 6) is 0. The van der Waals surface area contributed by atoms with Crippen molar-refractivity contribution in [1.82, 2.24) is 10.6 Å². The molecule has 2 N–H and O–H groups in total. The Labute approximate surface area is 49.7 Å². The summed E-state index contributed by atoms with van der Waals surface area (Å²) < 4.78 is 0. The third kappa shape index (κ3) is 0.501. The quantitative estimate of drug-likeness (QED) is 0.463. The zero-order valence-corrected chi connectivity index (χ0v) is 5.20. The predicted octanol–water partition coefficient (Wildman–Crippen LogP) is 0.0578. The molecule has 3 heterocycles. The molecule has 2 atom stereocenters. The van der Waals surface area contributed by atoms with Gasteiger partial charge in [0, 0.05) is 6.04 Å². The smallest absolute Gasteiger partial charge is 0.0675 e. The van der Waals surface area contributed by atoms with Gasteiger partial charge in [0.25, 0.3) is 0 Å². The Morgan fingerprint density at radius 1 is 1.62 bits per heavy atom. The molecule has 3 saturated heterocycles. The van der Waals surface area contributed by atoms with Gasteiger partial charge in [-0.1, -0.05) is 0 Å². The Morgan fingerprint density at radius 3 is 2.62 bits per heavy atom. The molecule has 2 nitrogen and oxygen atoms in total. The van der Waals surface area contributed by atoms with Crippen LogP contribution in [-0.2, 0) is 0 Å². The van der Waals surface area contributed by atoms with E-state index in [0.29, 0.717) is 5.66 Å². The van der Waals surface area contributed by atoms with Crippen LogP contribution in [0.1, 0.15) is 19.8 Å². The molecule has 0 radical (unpaired) electrons. The molecule has 8 heavy (non-hydrogen) atoms. The molecular formula is C6H12N2. The molecule has 0 spiro atoms. The molecule has 2 bridgehead atoms. The molecule has 3 aliphatic rings. The van der Waals surface area contributed by atoms with E-state index in [1.807, 2.05) is 0 Å². The SMILES string of the molecule is CC12CC(CCN1)N2. The van der Waals surface area contributed by atoms with Gasteiger partial charge in [-0.2, -0.15) is 0 Å². The lowest BCUT2D eigenvalue weighted by molar-refractivity contribution is 0.0670. The molecule has 3 fully saturated rings. The van der Waals surface area contributed by atoms with Gasteiger partial charge in [-0.3, -0.25) is 10.6 Å². The van der Waals surface area contributed by atoms with Gasteiger partial charge in [-0.05, 0) is 26.3 Å². The summed E-state index contributed by atoms with van der Waals surface area (Å²) in [5.41, 5.74) is 0.322. The van der Waals surface area contributed by atoms with Crippen LogP contribution in [0, 0.1) is 0 Å². The van der Waals surface area contributed by atoms with E-state index in [2.05, 4.69) is 17.6 Å². The molecule has 0 aromatic heterocycles. The van der Waals surface area contributed by atoms with Gasteiger partial charge in [0.1, 0.15) is 0 Å². The Bertz CT molecular complexity index is 99.6. The highest BCUT2D eigenvalue weighted by atomic mass is 15.3. The maximum atomic E-state index is 3.44. The second-order valence-corrected chi connectivity index (χ2v) is 3.09. The van der Waals surface area contributed by atoms with Crippen molar-refractivity contribution in [3.63, 3.8) is 0 Å². The second kappa shape index (κ2) is 1.25. The van der Waals surface area contributed by atoms with Gasteiger partial charge in [0.15, 0.2) is 0 Å². The highest BCUT2D eigenvalue weighted by molar-refractivity contribution is 5.01. The Morgan fingerprint density at radius 2 is 2.38 bits per heavy atom. The van der Waals surface area contributed by atoms with E-state index in [0.717, 1.165) is 6.04 Å². The van der Waals surface area contributed by atoms with Gasteiger partial charge in [-0.15, -0.1) is 0 Å². The van der Waals surface area contributed by atoms with Crippen LogP contribution in [0.5, 0.6) is 0 Å². The highest BCUT2D eigenvalue weighted by Crippen LogP contribution is 2.27. The van der Waals surface area contributed by atoms with Crippen LogP contribution in [-0.4, -0.2) is 18.2 Å². The molecule has 0 saturated carbocycles. The van der Waals surface area contributed by atoms with Crippen LogP contribution in [0.25, 0.3) is 0 Å². The minimum absolute atomic E-state index is 0.322. The molecule has 3 aliphatic heterocycles. The van der Waals surface area contributed by atoms with Crippen molar-refractivity contribution >= 4 is 0 Å². The fourth-order valence-corrected chi connectivity index (χ4v) is 1.74. The minimum Gasteiger partial charge on any atom is -0.299 e. The molecular weight excluding hydrogens is 100 g/mol. The lowest BCUT2D eigenvalue weighted by Gasteiger charge is -2.52. The summed E-state index contributed by atoms with van der Waals surface area (Å²) in [4.78, 5) is 0. The van der Waals surface area contributed by atoms with Gasteiger partial charge in [-0.25, -0.2) is 0 Å². The Balaban J connectivity index is 2.06. The van der Waals surface area contributed by atoms with Gasteiger partial charge in [0.05, 0.1) is 5.66 Å². The first kappa shape index (κ1) is 4.77. The topological polar surface area (TPSA) is 24.1 Å². The van der Waals surface area contributed by atoms with Crippen molar-refractivity contribution in [2.45, 2.75) is 31.5 Å². The summed E-state index contributed by atoms with van der Waals surface area (Å²) in [7, 11) is 0. The first-order chi connectivity index (χ1) is 3.79. The van der Waals surface area contributed by atoms with E-state index in [1.165, 1.54) is 19.4 Å². The van der Waals surface area contributed by atoms with E-state index < -0.39 is 0 Å². The van der Waals surface area contributed by atoms with Crippen molar-refractivity contribution < 1.29 is 0 Å². The van der Waals surface area contributed by atoms with E-state index in [1.54, 1.807) is 0 Å². The highest BCUT2D eigenvalue weighted by Gasteiger charge is 2.41. The number of hydrogen-bond acceptors (Lipinski definition) is 2. The molecule has 46 valence electrons. The number of piperidine rings is 1. The minimum atomic E-state index is 0.322. The number of fused-ring (bicyclic) bond motifs is 2. The Kier molecular flexibility index (Phi) is 0.746. The molecule has 0 amide bonds. The van der Waals surface area contributed by atoms with Crippen molar-refractivity contribution in [1.29, 1.82) is 0 Å². The molecule has 3 rings (SSSR count). The van der Waals surface area contributed by atoms with Gasteiger partial charge < -0.3 is 0 Å². The van der Waals surface area contributed by atoms with Crippen LogP contribution >= 0.6 is 0 Å². The van der Waals surface area contributed by atoms with E-state index in [4.69, 9.17) is 0 Å². The summed E-state index contributed by atoms with van der Waals surface area (Å²) in [5, 5.41) is 6.86. The monoisotopic (exact) mass is 112 g/mol. The summed E-state index contributed by atoms with van der Waals surface area (Å²) in [6, 6.07) is 0.834. The van der Waals surface area contributed by atoms with Crippen LogP contribution < -0.4 is 10.6 Å². The average molecular weight is 112 g/mol. The number of nitrogens with one attached hydrogen (secondary N) is 2. The summed E-state index contributed by atoms with van der Waals surface area (Å²) >= 11 is 0. The Hall–Kier alpha value is -0.0800. The fourth-order valence-electron chi connectivity index (χ4n) is 1.74. The zero-order chi connectivity index (χ0) is 5.61. The first-order valence-corrected chi connectivity index (χ1v) is 3.31. The van der Waals surface area contributed by atoms with Crippen LogP contribution in [0.4, 0.5) is 0 Å². The van der Waals surface area contributed by atoms with Gasteiger partial charge >= 0.3 is 0 Å². The van der Waals surface area contributed by atoms with Crippen LogP contribution in [0.2, 0.25) is 0 Å². The van der Waals surface area contributed by atoms with E-state index in [9.17, 15) is 0 Å². The van der Waals surface area contributed by atoms with Crippen LogP contribution in [0.3, 0.4) is 0 Å². The molecule has 0 aromatic rings. The normalized spacial score (nSPS) is 52.9. The zero-order valence-electron chi connectivity index (χ0n) is 5.20. The van der Waals surface area contributed by atoms with Crippen LogP contribution in [0.15, 0.2) is 0 Å².